The smallest absolute Gasteiger partial charge is 0.351 e. The van der Waals surface area contributed by atoms with Crippen molar-refractivity contribution in [2.45, 2.75) is 294 Å². The monoisotopic (exact) mass is 1860 g/mol. The van der Waals surface area contributed by atoms with Crippen molar-refractivity contribution in [2.75, 3.05) is 36.2 Å². The molecular formula is C85H123ClF7N11O23Si. The Morgan fingerprint density at radius 3 is 1.23 bits per heavy atom. The molecule has 0 spiro atoms. The van der Waals surface area contributed by atoms with E-state index in [1.54, 1.807) is 75.5 Å². The minimum Gasteiger partial charge on any atom is -0.518 e. The number of aromatic nitrogens is 8. The zero-order chi connectivity index (χ0) is 97.1. The fourth-order valence-electron chi connectivity index (χ4n) is 13.8. The molecule has 7 aliphatic heterocycles. The number of nitrogen functional groups attached to an aromatic ring is 1. The zero-order valence-electron chi connectivity index (χ0n) is 75.2. The van der Waals surface area contributed by atoms with E-state index in [9.17, 15) is 74.9 Å². The fourth-order valence-corrected chi connectivity index (χ4v) is 14.8. The van der Waals surface area contributed by atoms with Crippen molar-refractivity contribution < 1.29 is 123 Å². The molecule has 2 unspecified atom stereocenters. The number of H-pyrrole nitrogens is 1. The van der Waals surface area contributed by atoms with E-state index in [0.717, 1.165) is 59.6 Å². The molecule has 7 aliphatic rings. The highest BCUT2D eigenvalue weighted by molar-refractivity contribution is 6.70. The van der Waals surface area contributed by atoms with E-state index in [-0.39, 0.29) is 71.5 Å². The van der Waals surface area contributed by atoms with Crippen molar-refractivity contribution in [1.82, 2.24) is 38.6 Å². The maximum atomic E-state index is 15.1. The average molecular weight is 1860 g/mol. The first kappa shape index (κ1) is 109. The van der Waals surface area contributed by atoms with Gasteiger partial charge in [-0.25, -0.2) is 59.7 Å². The van der Waals surface area contributed by atoms with Crippen molar-refractivity contribution in [3.63, 3.8) is 0 Å². The summed E-state index contributed by atoms with van der Waals surface area (Å²) in [7, 11) is -1.76. The molecule has 13 rings (SSSR count). The standard InChI is InChI=1S/C19H22FN3O3.C14H17N3O2Si.C10H14FN3O4.C10H13FN2O5.C8H14ClFO.C8H15FO2.C8H13FO2.C6H9FO4.C2H6/c1-4-14-12(2)19(3,20)17(26-14)23-11-10-15(22-18(23)25)21-16(24)13-8-6-5-7-9-13;1-20(2,3)19-14-15-10-9-12(17-14)16-13(18)11-7-5-4-6-8-11;1-10(11)7(16)5(4-15)18-8(10)14-3-2-6(12)13-9(14)17;1-10(11)7(16)5(4-14)18-8(10)13-3-2-6(15)12-9(13)17;1-4-6-5(2)8(3,10)7(9)11-6;2*1-4-6-5(2)8(3,9)7(10)11-6;1-6(7)4(9)3(2-8)11-5(6)10;1-2/h5-12,14,17H,4H2,1-3H3,(H,21,22,24,25);4-10H,1-3H3,(H,15,16,17,18);2-3,5,7-8,15-16H,4H2,1H3,(H2,12,13,17);2-3,5,7-8,14,16H,4H2,1H3,(H,12,15,17);5-7H,4H2,1-3H3;5-7,10H,4H2,1-3H3;5-6H,4H2,1-3H3;3-4,8-9H,2H2,1H3;1-2H3/t12-,14-,17-,19-;;2*5-,7-,8-,10-;2*5-,6-,7?,8-;5-,6-,8-;3-,4-,6-;/m1.111111./s1. The maximum absolute atomic E-state index is 15.1. The molecule has 716 valence electrons. The second kappa shape index (κ2) is 46.2. The third-order valence-electron chi connectivity index (χ3n) is 22.8. The number of anilines is 3. The number of aromatic amines is 1. The highest BCUT2D eigenvalue weighted by atomic mass is 35.5. The van der Waals surface area contributed by atoms with Gasteiger partial charge in [-0.15, -0.1) is 0 Å². The lowest BCUT2D eigenvalue weighted by Gasteiger charge is -2.25. The Morgan fingerprint density at radius 1 is 0.492 bits per heavy atom. The molecule has 0 aliphatic carbocycles. The molecule has 2 aromatic carbocycles. The number of hydrogen-bond acceptors (Lipinski definition) is 28. The Balaban J connectivity index is 0.000000264. The maximum Gasteiger partial charge on any atom is 0.351 e. The summed E-state index contributed by atoms with van der Waals surface area (Å²) in [6.07, 6.45) is -5.51. The van der Waals surface area contributed by atoms with E-state index in [2.05, 4.69) is 35.3 Å². The molecule has 43 heteroatoms. The van der Waals surface area contributed by atoms with E-state index < -0.39 is 170 Å². The topological polar surface area (TPSA) is 484 Å². The molecule has 11 heterocycles. The largest absolute Gasteiger partial charge is 0.518 e. The van der Waals surface area contributed by atoms with Crippen LogP contribution in [0.5, 0.6) is 6.01 Å². The van der Waals surface area contributed by atoms with E-state index in [0.29, 0.717) is 35.8 Å². The van der Waals surface area contributed by atoms with Crippen LogP contribution in [0, 0.1) is 23.7 Å². The first-order valence-corrected chi connectivity index (χ1v) is 45.6. The molecule has 7 saturated heterocycles. The normalized spacial score (nSPS) is 34.0. The predicted octanol–water partition coefficient (Wildman–Crippen LogP) is 9.34. The van der Waals surface area contributed by atoms with Gasteiger partial charge < -0.3 is 89.7 Å². The minimum atomic E-state index is -2.38. The highest BCUT2D eigenvalue weighted by Crippen LogP contribution is 2.47. The summed E-state index contributed by atoms with van der Waals surface area (Å²) in [5, 5.41) is 69.2. The van der Waals surface area contributed by atoms with Gasteiger partial charge in [0.2, 0.25) is 19.7 Å². The zero-order valence-corrected chi connectivity index (χ0v) is 77.0. The van der Waals surface area contributed by atoms with Gasteiger partial charge in [-0.1, -0.05) is 117 Å². The summed E-state index contributed by atoms with van der Waals surface area (Å²) >= 11 is 5.67. The van der Waals surface area contributed by atoms with Crippen LogP contribution in [0.1, 0.15) is 183 Å². The van der Waals surface area contributed by atoms with E-state index in [1.807, 2.05) is 91.3 Å². The Hall–Kier alpha value is -9.02. The summed E-state index contributed by atoms with van der Waals surface area (Å²) in [4.78, 5) is 110. The summed E-state index contributed by atoms with van der Waals surface area (Å²) in [6, 6.07) is 23.3. The van der Waals surface area contributed by atoms with Gasteiger partial charge in [-0.05, 0) is 136 Å². The fraction of sp³-hybridized carbons (Fsp3) is 0.624. The molecule has 2 amide bonds. The van der Waals surface area contributed by atoms with Gasteiger partial charge in [0.1, 0.15) is 54.1 Å². The molecule has 34 nitrogen and oxygen atoms in total. The first-order valence-electron chi connectivity index (χ1n) is 41.7. The van der Waals surface area contributed by atoms with Crippen LogP contribution < -0.4 is 43.4 Å². The third-order valence-corrected chi connectivity index (χ3v) is 24.1. The van der Waals surface area contributed by atoms with Crippen molar-refractivity contribution in [1.29, 1.82) is 0 Å². The van der Waals surface area contributed by atoms with Crippen LogP contribution in [0.25, 0.3) is 0 Å². The molecule has 0 radical (unpaired) electrons. The van der Waals surface area contributed by atoms with Gasteiger partial charge in [0.15, 0.2) is 65.0 Å². The number of rotatable bonds is 16. The first-order chi connectivity index (χ1) is 59.5. The SMILES string of the molecule is CC.CC[C@H]1OC(=O)[C@](C)(F)[C@@H]1C.CC[C@H]1OC(Cl)[C@](C)(F)[C@@H]1C.CC[C@H]1OC(O)[C@](C)(F)[C@@H]1C.CC[C@H]1O[C@@H](n2ccc(NC(=O)c3ccccc3)nc2=O)[C@](C)(F)[C@@H]1C.C[C@@]1(F)[C@H](O)[C@@H](CO)O[C@H]1n1ccc(=O)[nH]c1=O.C[C@@]1(F)[C@H](O)[C@@H](CO)O[C@H]1n1ccc(N)nc1=O.C[C@]1(F)C(=O)O[C@H](CO)[C@H]1O.C[Si](C)(C)Oc1nccc(NC(=O)c2ccccc2)n1. The molecule has 12 N–H and O–H groups in total. The quantitative estimate of drug-likeness (QED) is 0.0186. The predicted molar refractivity (Wildman–Crippen MR) is 459 cm³/mol. The molecule has 128 heavy (non-hydrogen) atoms. The van der Waals surface area contributed by atoms with E-state index in [4.69, 9.17) is 75.7 Å². The number of cyclic esters (lactones) is 2. The Kier molecular flexibility index (Phi) is 39.5. The number of nitrogens with zero attached hydrogens (tertiary/aromatic N) is 7. The number of aliphatic hydroxyl groups is 7. The van der Waals surface area contributed by atoms with Crippen molar-refractivity contribution >= 4 is 61.1 Å². The van der Waals surface area contributed by atoms with Gasteiger partial charge in [-0.2, -0.15) is 15.0 Å². The molecular weight excluding hydrogens is 1740 g/mol. The average Bonchev–Trinajstić information content (AvgIpc) is 1.53. The summed E-state index contributed by atoms with van der Waals surface area (Å²) in [5.74, 6) is -2.85. The molecule has 0 bridgehead atoms. The number of alkyl halides is 8. The number of aliphatic hydroxyl groups excluding tert-OH is 7. The minimum absolute atomic E-state index is 0.00839. The van der Waals surface area contributed by atoms with Gasteiger partial charge in [0, 0.05) is 65.7 Å². The lowest BCUT2D eigenvalue weighted by Crippen LogP contribution is -2.43. The van der Waals surface area contributed by atoms with Gasteiger partial charge >= 0.3 is 35.0 Å². The van der Waals surface area contributed by atoms with Gasteiger partial charge in [-0.3, -0.25) is 33.1 Å². The van der Waals surface area contributed by atoms with Gasteiger partial charge in [0.25, 0.3) is 17.4 Å². The van der Waals surface area contributed by atoms with Crippen LogP contribution >= 0.6 is 11.6 Å². The number of amides is 2. The second-order valence-corrected chi connectivity index (χ2v) is 38.0. The molecule has 6 aromatic rings. The summed E-state index contributed by atoms with van der Waals surface area (Å²) in [5.41, 5.74) is -10.6. The molecule has 7 fully saturated rings. The summed E-state index contributed by atoms with van der Waals surface area (Å²) < 4.78 is 141. The summed E-state index contributed by atoms with van der Waals surface area (Å²) in [6.45, 7) is 32.0. The Bertz CT molecular complexity index is 4750. The van der Waals surface area contributed by atoms with Crippen molar-refractivity contribution in [3.05, 3.63) is 163 Å². The molecule has 26 atom stereocenters. The number of ether oxygens (including phenoxy) is 7. The highest BCUT2D eigenvalue weighted by Gasteiger charge is 2.59. The Labute approximate surface area is 742 Å². The number of nitrogens with one attached hydrogen (secondary N) is 3. The number of nitrogens with two attached hydrogens (primary N) is 1. The number of benzene rings is 2. The third kappa shape index (κ3) is 26.7. The number of carbonyl (C=O) groups excluding carboxylic acids is 4. The number of hydrogen-bond donors (Lipinski definition) is 11. The molecule has 0 saturated carbocycles. The number of carbonyl (C=O) groups is 4. The van der Waals surface area contributed by atoms with Crippen LogP contribution in [0.15, 0.2) is 129 Å². The van der Waals surface area contributed by atoms with Crippen LogP contribution in [-0.4, -0.2) is 239 Å². The second-order valence-electron chi connectivity index (χ2n) is 33.2. The van der Waals surface area contributed by atoms with Crippen LogP contribution in [0.4, 0.5) is 48.2 Å². The van der Waals surface area contributed by atoms with Crippen LogP contribution in [0.2, 0.25) is 19.6 Å². The van der Waals surface area contributed by atoms with E-state index >= 15 is 4.39 Å². The van der Waals surface area contributed by atoms with Crippen LogP contribution in [0.3, 0.4) is 0 Å². The van der Waals surface area contributed by atoms with Crippen LogP contribution in [-0.2, 0) is 42.7 Å². The van der Waals surface area contributed by atoms with E-state index in [1.165, 1.54) is 52.2 Å². The lowest BCUT2D eigenvalue weighted by molar-refractivity contribution is -0.150. The molecule has 4 aromatic heterocycles. The van der Waals surface area contributed by atoms with Gasteiger partial charge in [0.05, 0.1) is 38.1 Å². The van der Waals surface area contributed by atoms with Crippen molar-refractivity contribution in [2.24, 2.45) is 23.7 Å². The number of esters is 2. The number of halogens is 8. The Morgan fingerprint density at radius 2 is 0.891 bits per heavy atom. The van der Waals surface area contributed by atoms with Crippen molar-refractivity contribution in [3.8, 4) is 6.01 Å². The lowest BCUT2D eigenvalue weighted by atomic mass is 9.88.